The highest BCUT2D eigenvalue weighted by Crippen LogP contribution is 2.25. The first-order valence-corrected chi connectivity index (χ1v) is 5.52. The van der Waals surface area contributed by atoms with Gasteiger partial charge in [0.05, 0.1) is 11.6 Å². The Bertz CT molecular complexity index is 377. The van der Waals surface area contributed by atoms with Gasteiger partial charge in [0, 0.05) is 0 Å². The van der Waals surface area contributed by atoms with E-state index in [0.29, 0.717) is 0 Å². The second-order valence-corrected chi connectivity index (χ2v) is 4.98. The van der Waals surface area contributed by atoms with Crippen LogP contribution in [0.3, 0.4) is 0 Å². The Kier molecular flexibility index (Phi) is 3.52. The molecule has 1 aromatic carbocycles. The second-order valence-electron chi connectivity index (χ2n) is 4.98. The molecule has 0 radical (unpaired) electrons. The molecule has 0 heterocycles. The smallest absolute Gasteiger partial charge is 0.0994 e. The van der Waals surface area contributed by atoms with Crippen LogP contribution in [0.15, 0.2) is 18.2 Å². The zero-order valence-electron chi connectivity index (χ0n) is 10.1. The maximum atomic E-state index is 8.99. The molecule has 0 fully saturated rings. The monoisotopic (exact) mass is 201 g/mol. The molecule has 1 rings (SSSR count). The maximum Gasteiger partial charge on any atom is 0.0994 e. The Morgan fingerprint density at radius 2 is 1.93 bits per heavy atom. The van der Waals surface area contributed by atoms with Crippen LogP contribution in [0.25, 0.3) is 0 Å². The van der Waals surface area contributed by atoms with Crippen LogP contribution in [-0.2, 0) is 11.8 Å². The Hall–Kier alpha value is -1.29. The van der Waals surface area contributed by atoms with E-state index < -0.39 is 0 Å². The fourth-order valence-electron chi connectivity index (χ4n) is 1.65. The van der Waals surface area contributed by atoms with Crippen LogP contribution >= 0.6 is 0 Å². The van der Waals surface area contributed by atoms with Gasteiger partial charge in [-0.2, -0.15) is 5.26 Å². The number of benzene rings is 1. The van der Waals surface area contributed by atoms with Crippen LogP contribution in [0, 0.1) is 11.3 Å². The number of nitriles is 1. The van der Waals surface area contributed by atoms with Crippen LogP contribution in [0.4, 0.5) is 0 Å². The summed E-state index contributed by atoms with van der Waals surface area (Å²) in [5, 5.41) is 8.99. The van der Waals surface area contributed by atoms with Crippen LogP contribution in [-0.4, -0.2) is 0 Å². The van der Waals surface area contributed by atoms with Gasteiger partial charge in [0.25, 0.3) is 0 Å². The Labute approximate surface area is 92.7 Å². The number of nitrogens with zero attached hydrogens (tertiary/aromatic N) is 1. The molecule has 1 heteroatoms. The van der Waals surface area contributed by atoms with Crippen molar-refractivity contribution in [3.8, 4) is 6.07 Å². The Morgan fingerprint density at radius 3 is 2.40 bits per heavy atom. The van der Waals surface area contributed by atoms with E-state index in [1.807, 2.05) is 6.07 Å². The lowest BCUT2D eigenvalue weighted by atomic mass is 9.85. The van der Waals surface area contributed by atoms with E-state index in [-0.39, 0.29) is 5.41 Å². The van der Waals surface area contributed by atoms with Crippen LogP contribution in [0.5, 0.6) is 0 Å². The predicted octanol–water partition coefficient (Wildman–Crippen LogP) is 3.81. The molecule has 0 aromatic heterocycles. The molecular weight excluding hydrogens is 182 g/mol. The minimum Gasteiger partial charge on any atom is -0.192 e. The van der Waals surface area contributed by atoms with Crippen LogP contribution in [0.1, 0.15) is 50.8 Å². The molecule has 1 aromatic rings. The SMILES string of the molecule is CCCc1cc(C(C)(C)C)ccc1C#N. The van der Waals surface area contributed by atoms with Crippen molar-refractivity contribution >= 4 is 0 Å². The summed E-state index contributed by atoms with van der Waals surface area (Å²) in [5.41, 5.74) is 3.48. The van der Waals surface area contributed by atoms with E-state index in [1.165, 1.54) is 11.1 Å². The summed E-state index contributed by atoms with van der Waals surface area (Å²) in [6.07, 6.45) is 2.08. The molecule has 0 amide bonds. The molecule has 0 aliphatic carbocycles. The molecule has 1 nitrogen and oxygen atoms in total. The second kappa shape index (κ2) is 4.49. The van der Waals surface area contributed by atoms with Crippen molar-refractivity contribution in [1.29, 1.82) is 5.26 Å². The molecule has 0 bridgehead atoms. The van der Waals surface area contributed by atoms with Crippen molar-refractivity contribution in [2.75, 3.05) is 0 Å². The first-order chi connectivity index (χ1) is 6.99. The fourth-order valence-corrected chi connectivity index (χ4v) is 1.65. The minimum absolute atomic E-state index is 0.163. The molecule has 0 aliphatic heterocycles. The van der Waals surface area contributed by atoms with Crippen molar-refractivity contribution in [1.82, 2.24) is 0 Å². The Morgan fingerprint density at radius 1 is 1.27 bits per heavy atom. The van der Waals surface area contributed by atoms with Gasteiger partial charge in [0.15, 0.2) is 0 Å². The highest BCUT2D eigenvalue weighted by molar-refractivity contribution is 5.42. The molecule has 15 heavy (non-hydrogen) atoms. The van der Waals surface area contributed by atoms with Gasteiger partial charge in [-0.25, -0.2) is 0 Å². The highest BCUT2D eigenvalue weighted by atomic mass is 14.3. The normalized spacial score (nSPS) is 11.1. The molecule has 0 aliphatic rings. The lowest BCUT2D eigenvalue weighted by Crippen LogP contribution is -2.11. The van der Waals surface area contributed by atoms with E-state index in [1.54, 1.807) is 0 Å². The first kappa shape index (κ1) is 11.8. The highest BCUT2D eigenvalue weighted by Gasteiger charge is 2.14. The van der Waals surface area contributed by atoms with E-state index in [9.17, 15) is 0 Å². The predicted molar refractivity (Wildman–Crippen MR) is 63.9 cm³/mol. The van der Waals surface area contributed by atoms with Gasteiger partial charge in [-0.15, -0.1) is 0 Å². The van der Waals surface area contributed by atoms with E-state index >= 15 is 0 Å². The van der Waals surface area contributed by atoms with Crippen LogP contribution in [0.2, 0.25) is 0 Å². The summed E-state index contributed by atoms with van der Waals surface area (Å²) in [6, 6.07) is 8.46. The third-order valence-electron chi connectivity index (χ3n) is 2.61. The van der Waals surface area contributed by atoms with Crippen molar-refractivity contribution in [3.05, 3.63) is 34.9 Å². The molecule has 0 saturated heterocycles. The molecule has 80 valence electrons. The van der Waals surface area contributed by atoms with Crippen LogP contribution < -0.4 is 0 Å². The molecule has 0 N–H and O–H groups in total. The Balaban J connectivity index is 3.17. The van der Waals surface area contributed by atoms with Gasteiger partial charge in [0.2, 0.25) is 0 Å². The molecular formula is C14H19N. The molecule has 0 atom stereocenters. The summed E-state index contributed by atoms with van der Waals surface area (Å²) < 4.78 is 0. The van der Waals surface area contributed by atoms with Gasteiger partial charge in [-0.3, -0.25) is 0 Å². The summed E-state index contributed by atoms with van der Waals surface area (Å²) in [4.78, 5) is 0. The third-order valence-corrected chi connectivity index (χ3v) is 2.61. The molecule has 0 spiro atoms. The van der Waals surface area contributed by atoms with Gasteiger partial charge >= 0.3 is 0 Å². The van der Waals surface area contributed by atoms with Gasteiger partial charge < -0.3 is 0 Å². The van der Waals surface area contributed by atoms with E-state index in [2.05, 4.69) is 45.9 Å². The number of hydrogen-bond donors (Lipinski definition) is 0. The number of hydrogen-bond acceptors (Lipinski definition) is 1. The summed E-state index contributed by atoms with van der Waals surface area (Å²) >= 11 is 0. The zero-order chi connectivity index (χ0) is 11.5. The van der Waals surface area contributed by atoms with E-state index in [4.69, 9.17) is 5.26 Å². The lowest BCUT2D eigenvalue weighted by Gasteiger charge is -2.20. The summed E-state index contributed by atoms with van der Waals surface area (Å²) in [5.74, 6) is 0. The largest absolute Gasteiger partial charge is 0.192 e. The zero-order valence-corrected chi connectivity index (χ0v) is 10.1. The standard InChI is InChI=1S/C14H19N/c1-5-6-11-9-13(14(2,3)4)8-7-12(11)10-15/h7-9H,5-6H2,1-4H3. The average Bonchev–Trinajstić information content (AvgIpc) is 2.17. The van der Waals surface area contributed by atoms with Gasteiger partial charge in [-0.1, -0.05) is 46.2 Å². The quantitative estimate of drug-likeness (QED) is 0.713. The number of aryl methyl sites for hydroxylation is 1. The minimum atomic E-state index is 0.163. The molecule has 0 saturated carbocycles. The van der Waals surface area contributed by atoms with E-state index in [0.717, 1.165) is 18.4 Å². The maximum absolute atomic E-state index is 8.99. The molecule has 0 unspecified atom stereocenters. The first-order valence-electron chi connectivity index (χ1n) is 5.52. The van der Waals surface area contributed by atoms with Crippen molar-refractivity contribution in [3.63, 3.8) is 0 Å². The topological polar surface area (TPSA) is 23.8 Å². The van der Waals surface area contributed by atoms with Crippen molar-refractivity contribution in [2.24, 2.45) is 0 Å². The van der Waals surface area contributed by atoms with Gasteiger partial charge in [-0.05, 0) is 29.0 Å². The number of rotatable bonds is 2. The third kappa shape index (κ3) is 2.83. The van der Waals surface area contributed by atoms with Crippen molar-refractivity contribution < 1.29 is 0 Å². The lowest BCUT2D eigenvalue weighted by molar-refractivity contribution is 0.589. The van der Waals surface area contributed by atoms with Crippen molar-refractivity contribution in [2.45, 2.75) is 46.0 Å². The van der Waals surface area contributed by atoms with Gasteiger partial charge in [0.1, 0.15) is 0 Å². The fraction of sp³-hybridized carbons (Fsp3) is 0.500. The average molecular weight is 201 g/mol. The summed E-state index contributed by atoms with van der Waals surface area (Å²) in [6.45, 7) is 8.74. The summed E-state index contributed by atoms with van der Waals surface area (Å²) in [7, 11) is 0.